The van der Waals surface area contributed by atoms with Crippen LogP contribution >= 0.6 is 0 Å². The zero-order valence-corrected chi connectivity index (χ0v) is 15.6. The largest absolute Gasteiger partial charge is 0.381 e. The Morgan fingerprint density at radius 3 is 3.04 bits per heavy atom. The van der Waals surface area contributed by atoms with Gasteiger partial charge < -0.3 is 10.1 Å². The highest BCUT2D eigenvalue weighted by Gasteiger charge is 2.18. The van der Waals surface area contributed by atoms with Crippen molar-refractivity contribution >= 4 is 5.91 Å². The molecule has 1 atom stereocenters. The minimum absolute atomic E-state index is 0.0349. The first-order valence-corrected chi connectivity index (χ1v) is 9.29. The molecule has 2 aromatic heterocycles. The molecule has 7 nitrogen and oxygen atoms in total. The zero-order valence-electron chi connectivity index (χ0n) is 15.6. The number of carbonyl (C=O) groups excluding carboxylic acids is 1. The number of aromatic nitrogens is 4. The Morgan fingerprint density at radius 1 is 1.42 bits per heavy atom. The predicted molar refractivity (Wildman–Crippen MR) is 97.6 cm³/mol. The van der Waals surface area contributed by atoms with Crippen molar-refractivity contribution in [2.24, 2.45) is 0 Å². The topological polar surface area (TPSA) is 81.9 Å². The minimum Gasteiger partial charge on any atom is -0.381 e. The molecule has 7 heteroatoms. The lowest BCUT2D eigenvalue weighted by molar-refractivity contribution is -0.121. The van der Waals surface area contributed by atoms with Gasteiger partial charge in [0.15, 0.2) is 0 Å². The predicted octanol–water partition coefficient (Wildman–Crippen LogP) is 2.28. The molecule has 0 aliphatic carbocycles. The summed E-state index contributed by atoms with van der Waals surface area (Å²) in [4.78, 5) is 21.0. The van der Waals surface area contributed by atoms with Crippen molar-refractivity contribution in [3.05, 3.63) is 41.2 Å². The van der Waals surface area contributed by atoms with E-state index >= 15 is 0 Å². The first kappa shape index (κ1) is 18.5. The van der Waals surface area contributed by atoms with Gasteiger partial charge in [0.05, 0.1) is 24.5 Å². The molecule has 140 valence electrons. The normalized spacial score (nSPS) is 17.2. The van der Waals surface area contributed by atoms with Gasteiger partial charge in [-0.05, 0) is 45.2 Å². The first-order chi connectivity index (χ1) is 12.6. The standard InChI is InChI=1S/C19H27N5O2/c1-14-11-15(2)24(23-14)9-3-6-18(25)21-12-17-7-8-20-19(22-17)16-5-4-10-26-13-16/h7-8,11,16H,3-6,9-10,12-13H2,1-2H3,(H,21,25)/t16-/m0/s1. The summed E-state index contributed by atoms with van der Waals surface area (Å²) in [5, 5.41) is 7.36. The quantitative estimate of drug-likeness (QED) is 0.822. The van der Waals surface area contributed by atoms with Crippen molar-refractivity contribution in [1.29, 1.82) is 0 Å². The molecule has 0 bridgehead atoms. The smallest absolute Gasteiger partial charge is 0.220 e. The SMILES string of the molecule is Cc1cc(C)n(CCCC(=O)NCc2ccnc([C@H]3CCCOC3)n2)n1. The van der Waals surface area contributed by atoms with Gasteiger partial charge in [-0.2, -0.15) is 5.10 Å². The van der Waals surface area contributed by atoms with Gasteiger partial charge in [0.2, 0.25) is 5.91 Å². The van der Waals surface area contributed by atoms with Crippen LogP contribution in [-0.2, 0) is 22.6 Å². The third-order valence-corrected chi connectivity index (χ3v) is 4.60. The van der Waals surface area contributed by atoms with Crippen molar-refractivity contribution in [1.82, 2.24) is 25.1 Å². The summed E-state index contributed by atoms with van der Waals surface area (Å²) >= 11 is 0. The van der Waals surface area contributed by atoms with E-state index in [1.54, 1.807) is 6.20 Å². The van der Waals surface area contributed by atoms with Gasteiger partial charge in [0.25, 0.3) is 0 Å². The molecule has 1 fully saturated rings. The van der Waals surface area contributed by atoms with E-state index < -0.39 is 0 Å². The van der Waals surface area contributed by atoms with E-state index in [1.807, 2.05) is 30.7 Å². The molecule has 0 radical (unpaired) electrons. The van der Waals surface area contributed by atoms with Gasteiger partial charge >= 0.3 is 0 Å². The molecule has 1 saturated heterocycles. The number of nitrogens with zero attached hydrogens (tertiary/aromatic N) is 4. The molecule has 1 aliphatic rings. The molecule has 0 unspecified atom stereocenters. The molecule has 3 heterocycles. The number of aryl methyl sites for hydroxylation is 3. The van der Waals surface area contributed by atoms with E-state index in [0.29, 0.717) is 19.6 Å². The monoisotopic (exact) mass is 357 g/mol. The number of hydrogen-bond donors (Lipinski definition) is 1. The highest BCUT2D eigenvalue weighted by molar-refractivity contribution is 5.75. The molecule has 1 aliphatic heterocycles. The van der Waals surface area contributed by atoms with E-state index in [0.717, 1.165) is 55.3 Å². The highest BCUT2D eigenvalue weighted by Crippen LogP contribution is 2.22. The summed E-state index contributed by atoms with van der Waals surface area (Å²) in [5.41, 5.74) is 2.98. The number of nitrogens with one attached hydrogen (secondary N) is 1. The lowest BCUT2D eigenvalue weighted by Gasteiger charge is -2.20. The van der Waals surface area contributed by atoms with Gasteiger partial charge in [0.1, 0.15) is 5.82 Å². The van der Waals surface area contributed by atoms with Crippen LogP contribution in [0.3, 0.4) is 0 Å². The second-order valence-corrected chi connectivity index (χ2v) is 6.85. The Morgan fingerprint density at radius 2 is 2.31 bits per heavy atom. The van der Waals surface area contributed by atoms with Crippen LogP contribution in [0.4, 0.5) is 0 Å². The third kappa shape index (κ3) is 5.11. The van der Waals surface area contributed by atoms with E-state index in [9.17, 15) is 4.79 Å². The van der Waals surface area contributed by atoms with Crippen molar-refractivity contribution in [2.45, 2.75) is 58.5 Å². The average Bonchev–Trinajstić information content (AvgIpc) is 2.98. The fourth-order valence-corrected chi connectivity index (χ4v) is 3.22. The first-order valence-electron chi connectivity index (χ1n) is 9.29. The van der Waals surface area contributed by atoms with Crippen LogP contribution in [0.1, 0.15) is 54.5 Å². The minimum atomic E-state index is 0.0349. The van der Waals surface area contributed by atoms with Crippen LogP contribution in [0.25, 0.3) is 0 Å². The molecule has 2 aromatic rings. The Kier molecular flexibility index (Phi) is 6.33. The molecule has 0 saturated carbocycles. The van der Waals surface area contributed by atoms with Crippen molar-refractivity contribution in [3.8, 4) is 0 Å². The summed E-state index contributed by atoms with van der Waals surface area (Å²) in [5.74, 6) is 1.12. The lowest BCUT2D eigenvalue weighted by atomic mass is 10.0. The van der Waals surface area contributed by atoms with Gasteiger partial charge in [-0.25, -0.2) is 9.97 Å². The fourth-order valence-electron chi connectivity index (χ4n) is 3.22. The van der Waals surface area contributed by atoms with Gasteiger partial charge in [-0.3, -0.25) is 9.48 Å². The van der Waals surface area contributed by atoms with Crippen molar-refractivity contribution in [3.63, 3.8) is 0 Å². The van der Waals surface area contributed by atoms with Gasteiger partial charge in [0, 0.05) is 37.4 Å². The summed E-state index contributed by atoms with van der Waals surface area (Å²) in [6.45, 7) is 6.70. The van der Waals surface area contributed by atoms with Crippen LogP contribution in [0.5, 0.6) is 0 Å². The maximum absolute atomic E-state index is 12.1. The summed E-state index contributed by atoms with van der Waals surface area (Å²) < 4.78 is 7.46. The number of amides is 1. The number of ether oxygens (including phenoxy) is 1. The molecule has 1 N–H and O–H groups in total. The summed E-state index contributed by atoms with van der Waals surface area (Å²) in [6, 6.07) is 3.90. The fraction of sp³-hybridized carbons (Fsp3) is 0.579. The summed E-state index contributed by atoms with van der Waals surface area (Å²) in [6.07, 6.45) is 5.11. The molecular weight excluding hydrogens is 330 g/mol. The lowest BCUT2D eigenvalue weighted by Crippen LogP contribution is -2.24. The van der Waals surface area contributed by atoms with E-state index in [2.05, 4.69) is 20.4 Å². The maximum atomic E-state index is 12.1. The highest BCUT2D eigenvalue weighted by atomic mass is 16.5. The molecule has 0 aromatic carbocycles. The Labute approximate surface area is 154 Å². The number of carbonyl (C=O) groups is 1. The average molecular weight is 357 g/mol. The Hall–Kier alpha value is -2.28. The van der Waals surface area contributed by atoms with E-state index in [4.69, 9.17) is 4.74 Å². The molecular formula is C19H27N5O2. The Bertz CT molecular complexity index is 737. The molecule has 0 spiro atoms. The third-order valence-electron chi connectivity index (χ3n) is 4.60. The van der Waals surface area contributed by atoms with Crippen LogP contribution in [0.2, 0.25) is 0 Å². The van der Waals surface area contributed by atoms with Crippen molar-refractivity contribution in [2.75, 3.05) is 13.2 Å². The van der Waals surface area contributed by atoms with E-state index in [1.165, 1.54) is 0 Å². The number of hydrogen-bond acceptors (Lipinski definition) is 5. The second-order valence-electron chi connectivity index (χ2n) is 6.85. The molecule has 26 heavy (non-hydrogen) atoms. The van der Waals surface area contributed by atoms with Crippen LogP contribution < -0.4 is 5.32 Å². The molecule has 1 amide bonds. The van der Waals surface area contributed by atoms with Gasteiger partial charge in [-0.15, -0.1) is 0 Å². The van der Waals surface area contributed by atoms with Crippen LogP contribution in [0.15, 0.2) is 18.3 Å². The van der Waals surface area contributed by atoms with Crippen LogP contribution in [-0.4, -0.2) is 38.9 Å². The molecule has 3 rings (SSSR count). The van der Waals surface area contributed by atoms with E-state index in [-0.39, 0.29) is 11.8 Å². The second kappa shape index (κ2) is 8.89. The maximum Gasteiger partial charge on any atom is 0.220 e. The zero-order chi connectivity index (χ0) is 18.4. The summed E-state index contributed by atoms with van der Waals surface area (Å²) in [7, 11) is 0. The van der Waals surface area contributed by atoms with Crippen molar-refractivity contribution < 1.29 is 9.53 Å². The van der Waals surface area contributed by atoms with Gasteiger partial charge in [-0.1, -0.05) is 0 Å². The number of rotatable bonds is 7. The Balaban J connectivity index is 1.43. The van der Waals surface area contributed by atoms with Crippen LogP contribution in [0, 0.1) is 13.8 Å².